The minimum Gasteiger partial charge on any atom is -0.392 e. The van der Waals surface area contributed by atoms with Crippen LogP contribution in [0.3, 0.4) is 0 Å². The number of para-hydroxylation sites is 2. The first-order valence-electron chi connectivity index (χ1n) is 8.01. The molecule has 0 fully saturated rings. The molecule has 0 aliphatic heterocycles. The Morgan fingerprint density at radius 3 is 2.20 bits per heavy atom. The Kier molecular flexibility index (Phi) is 3.92. The molecule has 0 spiro atoms. The van der Waals surface area contributed by atoms with E-state index in [1.807, 2.05) is 84.9 Å². The van der Waals surface area contributed by atoms with Crippen LogP contribution in [0, 0.1) is 0 Å². The standard InChI is InChI=1S/C21H16N2O2/c24-21(22-16-11-5-2-6-12-16)25-20-19(15-9-3-1-4-10-15)17-13-7-8-14-18(17)23-20/h1-14,23H,(H,22,24). The van der Waals surface area contributed by atoms with E-state index >= 15 is 0 Å². The van der Waals surface area contributed by atoms with E-state index in [-0.39, 0.29) is 0 Å². The van der Waals surface area contributed by atoms with Gasteiger partial charge in [0.15, 0.2) is 0 Å². The number of nitrogens with one attached hydrogen (secondary N) is 2. The number of carbonyl (C=O) groups is 1. The molecule has 1 amide bonds. The molecule has 0 aliphatic rings. The molecular weight excluding hydrogens is 312 g/mol. The third-order valence-corrected chi connectivity index (χ3v) is 3.95. The van der Waals surface area contributed by atoms with Gasteiger partial charge >= 0.3 is 6.09 Å². The van der Waals surface area contributed by atoms with Crippen LogP contribution >= 0.6 is 0 Å². The molecule has 4 aromatic rings. The molecule has 4 heteroatoms. The Morgan fingerprint density at radius 1 is 0.800 bits per heavy atom. The number of hydrogen-bond acceptors (Lipinski definition) is 2. The first-order valence-corrected chi connectivity index (χ1v) is 8.01. The maximum atomic E-state index is 12.3. The number of aromatic amines is 1. The number of benzene rings is 3. The zero-order valence-electron chi connectivity index (χ0n) is 13.4. The van der Waals surface area contributed by atoms with Gasteiger partial charge in [0.05, 0.1) is 5.56 Å². The smallest absolute Gasteiger partial charge is 0.392 e. The highest BCUT2D eigenvalue weighted by molar-refractivity contribution is 6.00. The van der Waals surface area contributed by atoms with Crippen LogP contribution in [0.15, 0.2) is 84.9 Å². The number of anilines is 1. The largest absolute Gasteiger partial charge is 0.418 e. The van der Waals surface area contributed by atoms with Crippen molar-refractivity contribution < 1.29 is 9.53 Å². The van der Waals surface area contributed by atoms with E-state index in [4.69, 9.17) is 4.74 Å². The highest BCUT2D eigenvalue weighted by Gasteiger charge is 2.17. The van der Waals surface area contributed by atoms with Gasteiger partial charge in [0.25, 0.3) is 0 Å². The number of ether oxygens (including phenoxy) is 1. The Bertz CT molecular complexity index is 1010. The molecule has 3 aromatic carbocycles. The molecule has 0 saturated heterocycles. The predicted molar refractivity (Wildman–Crippen MR) is 99.8 cm³/mol. The summed E-state index contributed by atoms with van der Waals surface area (Å²) in [7, 11) is 0. The lowest BCUT2D eigenvalue weighted by molar-refractivity contribution is 0.214. The molecule has 1 heterocycles. The van der Waals surface area contributed by atoms with Crippen LogP contribution in [-0.4, -0.2) is 11.1 Å². The van der Waals surface area contributed by atoms with E-state index in [1.165, 1.54) is 0 Å². The topological polar surface area (TPSA) is 54.1 Å². The third kappa shape index (κ3) is 3.10. The summed E-state index contributed by atoms with van der Waals surface area (Å²) in [4.78, 5) is 15.5. The summed E-state index contributed by atoms with van der Waals surface area (Å²) >= 11 is 0. The van der Waals surface area contributed by atoms with Gasteiger partial charge in [-0.05, 0) is 23.8 Å². The third-order valence-electron chi connectivity index (χ3n) is 3.95. The van der Waals surface area contributed by atoms with Gasteiger partial charge in [-0.3, -0.25) is 5.32 Å². The summed E-state index contributed by atoms with van der Waals surface area (Å²) in [5.74, 6) is 0.431. The molecule has 122 valence electrons. The van der Waals surface area contributed by atoms with Gasteiger partial charge in [0.1, 0.15) is 0 Å². The Hall–Kier alpha value is -3.53. The summed E-state index contributed by atoms with van der Waals surface area (Å²) in [6, 6.07) is 27.0. The van der Waals surface area contributed by atoms with Crippen molar-refractivity contribution in [2.45, 2.75) is 0 Å². The maximum absolute atomic E-state index is 12.3. The lowest BCUT2D eigenvalue weighted by atomic mass is 10.0. The van der Waals surface area contributed by atoms with E-state index in [0.29, 0.717) is 11.6 Å². The fourth-order valence-corrected chi connectivity index (χ4v) is 2.84. The zero-order chi connectivity index (χ0) is 17.1. The zero-order valence-corrected chi connectivity index (χ0v) is 13.4. The first-order chi connectivity index (χ1) is 12.3. The second kappa shape index (κ2) is 6.53. The van der Waals surface area contributed by atoms with Crippen molar-refractivity contribution in [2.75, 3.05) is 5.32 Å². The lowest BCUT2D eigenvalue weighted by Crippen LogP contribution is -2.17. The van der Waals surface area contributed by atoms with Crippen molar-refractivity contribution in [3.63, 3.8) is 0 Å². The van der Waals surface area contributed by atoms with Gasteiger partial charge in [-0.2, -0.15) is 0 Å². The molecule has 4 nitrogen and oxygen atoms in total. The summed E-state index contributed by atoms with van der Waals surface area (Å²) < 4.78 is 5.58. The van der Waals surface area contributed by atoms with E-state index < -0.39 is 6.09 Å². The number of rotatable bonds is 3. The quantitative estimate of drug-likeness (QED) is 0.526. The second-order valence-corrected chi connectivity index (χ2v) is 5.62. The molecule has 0 saturated carbocycles. The highest BCUT2D eigenvalue weighted by atomic mass is 16.6. The average Bonchev–Trinajstić information content (AvgIpc) is 3.01. The van der Waals surface area contributed by atoms with Gasteiger partial charge < -0.3 is 9.72 Å². The van der Waals surface area contributed by atoms with Crippen molar-refractivity contribution in [1.29, 1.82) is 0 Å². The monoisotopic (exact) mass is 328 g/mol. The summed E-state index contributed by atoms with van der Waals surface area (Å²) in [5, 5.41) is 3.74. The molecule has 0 atom stereocenters. The lowest BCUT2D eigenvalue weighted by Gasteiger charge is -2.08. The second-order valence-electron chi connectivity index (χ2n) is 5.62. The van der Waals surface area contributed by atoms with Crippen molar-refractivity contribution in [2.24, 2.45) is 0 Å². The normalized spacial score (nSPS) is 10.6. The molecule has 0 unspecified atom stereocenters. The Morgan fingerprint density at radius 2 is 1.44 bits per heavy atom. The summed E-state index contributed by atoms with van der Waals surface area (Å²) in [6.45, 7) is 0. The highest BCUT2D eigenvalue weighted by Crippen LogP contribution is 2.37. The van der Waals surface area contributed by atoms with Gasteiger partial charge in [-0.15, -0.1) is 0 Å². The van der Waals surface area contributed by atoms with E-state index in [2.05, 4.69) is 10.3 Å². The molecule has 0 radical (unpaired) electrons. The molecule has 4 rings (SSSR count). The van der Waals surface area contributed by atoms with Gasteiger partial charge in [-0.25, -0.2) is 4.79 Å². The fraction of sp³-hybridized carbons (Fsp3) is 0. The van der Waals surface area contributed by atoms with Crippen LogP contribution in [-0.2, 0) is 0 Å². The van der Waals surface area contributed by atoms with E-state index in [0.717, 1.165) is 22.0 Å². The molecule has 1 aromatic heterocycles. The number of amides is 1. The minimum atomic E-state index is -0.532. The number of H-pyrrole nitrogens is 1. The first kappa shape index (κ1) is 15.0. The summed E-state index contributed by atoms with van der Waals surface area (Å²) in [6.07, 6.45) is -0.532. The fourth-order valence-electron chi connectivity index (χ4n) is 2.84. The Labute approximate surface area is 145 Å². The number of carbonyl (C=O) groups excluding carboxylic acids is 1. The van der Waals surface area contributed by atoms with Crippen molar-refractivity contribution in [3.8, 4) is 17.0 Å². The van der Waals surface area contributed by atoms with Gasteiger partial charge in [-0.1, -0.05) is 66.7 Å². The van der Waals surface area contributed by atoms with Crippen molar-refractivity contribution in [3.05, 3.63) is 84.9 Å². The number of aromatic nitrogens is 1. The minimum absolute atomic E-state index is 0.431. The van der Waals surface area contributed by atoms with Gasteiger partial charge in [0.2, 0.25) is 5.88 Å². The SMILES string of the molecule is O=C(Nc1ccccc1)Oc1[nH]c2ccccc2c1-c1ccccc1. The number of fused-ring (bicyclic) bond motifs is 1. The molecule has 25 heavy (non-hydrogen) atoms. The van der Waals surface area contributed by atoms with Crippen LogP contribution in [0.1, 0.15) is 0 Å². The summed E-state index contributed by atoms with van der Waals surface area (Å²) in [5.41, 5.74) is 3.47. The van der Waals surface area contributed by atoms with Crippen molar-refractivity contribution >= 4 is 22.7 Å². The van der Waals surface area contributed by atoms with Crippen LogP contribution in [0.2, 0.25) is 0 Å². The molecular formula is C21H16N2O2. The average molecular weight is 328 g/mol. The molecule has 0 bridgehead atoms. The van der Waals surface area contributed by atoms with Crippen molar-refractivity contribution in [1.82, 2.24) is 4.98 Å². The van der Waals surface area contributed by atoms with E-state index in [1.54, 1.807) is 0 Å². The Balaban J connectivity index is 1.71. The molecule has 2 N–H and O–H groups in total. The van der Waals surface area contributed by atoms with E-state index in [9.17, 15) is 4.79 Å². The molecule has 0 aliphatic carbocycles. The van der Waals surface area contributed by atoms with Crippen LogP contribution in [0.5, 0.6) is 5.88 Å². The number of hydrogen-bond donors (Lipinski definition) is 2. The van der Waals surface area contributed by atoms with Gasteiger partial charge in [0, 0.05) is 16.6 Å². The predicted octanol–water partition coefficient (Wildman–Crippen LogP) is 5.45. The maximum Gasteiger partial charge on any atom is 0.418 e. The van der Waals surface area contributed by atoms with Crippen LogP contribution < -0.4 is 10.1 Å². The van der Waals surface area contributed by atoms with Crippen LogP contribution in [0.25, 0.3) is 22.0 Å². The van der Waals surface area contributed by atoms with Crippen LogP contribution in [0.4, 0.5) is 10.5 Å².